The molecule has 0 unspecified atom stereocenters. The van der Waals surface area contributed by atoms with Crippen LogP contribution in [-0.4, -0.2) is 0 Å². The topological polar surface area (TPSA) is 6.48 Å². The molecule has 56 heavy (non-hydrogen) atoms. The second-order valence-electron chi connectivity index (χ2n) is 15.1. The zero-order valence-electron chi connectivity index (χ0n) is 33.2. The third-order valence-corrected chi connectivity index (χ3v) is 10.8. The minimum absolute atomic E-state index is 1.13. The van der Waals surface area contributed by atoms with Crippen LogP contribution < -0.4 is 9.80 Å². The molecule has 0 aliphatic heterocycles. The standard InChI is InChI=1S/C54H48N2/c1-37-15-13-21-49(31-37)55(47-27-23-45(24-28-47)43-17-9-7-10-18-43)51-33-39(3)53(40(4)34-51)54-41(5)35-52(36-42(54)6)56(50-22-14-16-38(2)32-50)48-29-25-46(26-30-48)44-19-11-8-12-20-44/h7-36H,1-6H3. The van der Waals surface area contributed by atoms with Crippen LogP contribution in [0.4, 0.5) is 34.1 Å². The van der Waals surface area contributed by atoms with Crippen LogP contribution in [0.1, 0.15) is 33.4 Å². The van der Waals surface area contributed by atoms with E-state index in [1.165, 1.54) is 66.8 Å². The van der Waals surface area contributed by atoms with Crippen LogP contribution in [0.5, 0.6) is 0 Å². The zero-order chi connectivity index (χ0) is 38.8. The summed E-state index contributed by atoms with van der Waals surface area (Å²) in [4.78, 5) is 4.77. The van der Waals surface area contributed by atoms with E-state index in [1.807, 2.05) is 0 Å². The largest absolute Gasteiger partial charge is 0.310 e. The molecule has 0 radical (unpaired) electrons. The number of aryl methyl sites for hydroxylation is 6. The maximum absolute atomic E-state index is 2.39. The molecule has 0 saturated heterocycles. The Morgan fingerprint density at radius 1 is 0.250 bits per heavy atom. The van der Waals surface area contributed by atoms with Crippen molar-refractivity contribution in [2.75, 3.05) is 9.80 Å². The summed E-state index contributed by atoms with van der Waals surface area (Å²) in [7, 11) is 0. The van der Waals surface area contributed by atoms with Crippen LogP contribution in [0.15, 0.2) is 182 Å². The lowest BCUT2D eigenvalue weighted by molar-refractivity contribution is 1.23. The molecule has 0 atom stereocenters. The molecule has 2 heteroatoms. The predicted octanol–water partition coefficient (Wildman–Crippen LogP) is 15.5. The highest BCUT2D eigenvalue weighted by Gasteiger charge is 2.21. The first-order valence-electron chi connectivity index (χ1n) is 19.5. The van der Waals surface area contributed by atoms with Gasteiger partial charge in [-0.2, -0.15) is 0 Å². The lowest BCUT2D eigenvalue weighted by Crippen LogP contribution is -2.12. The SMILES string of the molecule is Cc1cccc(N(c2ccc(-c3ccccc3)cc2)c2cc(C)c(-c3c(C)cc(N(c4ccc(-c5ccccc5)cc4)c4cccc(C)c4)cc3C)c(C)c2)c1. The summed E-state index contributed by atoms with van der Waals surface area (Å²) in [5.74, 6) is 0. The second kappa shape index (κ2) is 15.6. The maximum Gasteiger partial charge on any atom is 0.0467 e. The first-order chi connectivity index (χ1) is 27.2. The lowest BCUT2D eigenvalue weighted by Gasteiger charge is -2.29. The number of anilines is 6. The molecular formula is C54H48N2. The van der Waals surface area contributed by atoms with E-state index < -0.39 is 0 Å². The third-order valence-electron chi connectivity index (χ3n) is 10.8. The van der Waals surface area contributed by atoms with E-state index in [4.69, 9.17) is 0 Å². The Morgan fingerprint density at radius 2 is 0.571 bits per heavy atom. The Bertz CT molecular complexity index is 2390. The van der Waals surface area contributed by atoms with Crippen LogP contribution in [0, 0.1) is 41.5 Å². The van der Waals surface area contributed by atoms with Crippen LogP contribution in [-0.2, 0) is 0 Å². The van der Waals surface area contributed by atoms with Crippen molar-refractivity contribution in [3.8, 4) is 33.4 Å². The van der Waals surface area contributed by atoms with Gasteiger partial charge in [0.25, 0.3) is 0 Å². The molecule has 8 aromatic rings. The van der Waals surface area contributed by atoms with E-state index in [1.54, 1.807) is 0 Å². The van der Waals surface area contributed by atoms with Crippen LogP contribution >= 0.6 is 0 Å². The van der Waals surface area contributed by atoms with E-state index in [9.17, 15) is 0 Å². The van der Waals surface area contributed by atoms with E-state index in [0.717, 1.165) is 34.1 Å². The van der Waals surface area contributed by atoms with Gasteiger partial charge in [-0.15, -0.1) is 0 Å². The Hall–Kier alpha value is -6.64. The summed E-state index contributed by atoms with van der Waals surface area (Å²) >= 11 is 0. The van der Waals surface area contributed by atoms with E-state index >= 15 is 0 Å². The quantitative estimate of drug-likeness (QED) is 0.146. The fourth-order valence-electron chi connectivity index (χ4n) is 8.22. The van der Waals surface area contributed by atoms with Gasteiger partial charge in [-0.1, -0.05) is 109 Å². The van der Waals surface area contributed by atoms with Crippen molar-refractivity contribution in [3.63, 3.8) is 0 Å². The average molecular weight is 725 g/mol. The summed E-state index contributed by atoms with van der Waals surface area (Å²) in [5, 5.41) is 0. The molecule has 274 valence electrons. The third kappa shape index (κ3) is 7.39. The zero-order valence-corrected chi connectivity index (χ0v) is 33.2. The van der Waals surface area contributed by atoms with Crippen molar-refractivity contribution in [1.29, 1.82) is 0 Å². The number of rotatable bonds is 9. The molecule has 0 N–H and O–H groups in total. The van der Waals surface area contributed by atoms with Crippen LogP contribution in [0.2, 0.25) is 0 Å². The number of nitrogens with zero attached hydrogens (tertiary/aromatic N) is 2. The Labute approximate surface area is 333 Å². The lowest BCUT2D eigenvalue weighted by atomic mass is 9.88. The molecule has 8 aromatic carbocycles. The van der Waals surface area contributed by atoms with Crippen molar-refractivity contribution < 1.29 is 0 Å². The molecule has 0 spiro atoms. The van der Waals surface area contributed by atoms with Crippen molar-refractivity contribution in [3.05, 3.63) is 215 Å². The van der Waals surface area contributed by atoms with Gasteiger partial charge in [0.05, 0.1) is 0 Å². The first kappa shape index (κ1) is 36.3. The molecule has 0 fully saturated rings. The Kier molecular flexibility index (Phi) is 10.1. The van der Waals surface area contributed by atoms with Crippen molar-refractivity contribution in [1.82, 2.24) is 0 Å². The first-order valence-corrected chi connectivity index (χ1v) is 19.5. The Morgan fingerprint density at radius 3 is 0.893 bits per heavy atom. The van der Waals surface area contributed by atoms with Gasteiger partial charge in [-0.3, -0.25) is 0 Å². The van der Waals surface area contributed by atoms with Crippen molar-refractivity contribution in [2.45, 2.75) is 41.5 Å². The van der Waals surface area contributed by atoms with Gasteiger partial charge in [-0.05, 0) is 181 Å². The van der Waals surface area contributed by atoms with E-state index in [-0.39, 0.29) is 0 Å². The van der Waals surface area contributed by atoms with Crippen LogP contribution in [0.3, 0.4) is 0 Å². The second-order valence-corrected chi connectivity index (χ2v) is 15.1. The highest BCUT2D eigenvalue weighted by atomic mass is 15.1. The average Bonchev–Trinajstić information content (AvgIpc) is 3.20. The molecule has 8 rings (SSSR count). The molecule has 0 amide bonds. The molecule has 0 aliphatic rings. The predicted molar refractivity (Wildman–Crippen MR) is 241 cm³/mol. The van der Waals surface area contributed by atoms with Gasteiger partial charge >= 0.3 is 0 Å². The van der Waals surface area contributed by atoms with E-state index in [2.05, 4.69) is 233 Å². The highest BCUT2D eigenvalue weighted by Crippen LogP contribution is 2.44. The molecule has 0 aromatic heterocycles. The molecule has 0 bridgehead atoms. The summed E-state index contributed by atoms with van der Waals surface area (Å²) in [6.45, 7) is 13.4. The fourth-order valence-corrected chi connectivity index (χ4v) is 8.22. The van der Waals surface area contributed by atoms with Crippen LogP contribution in [0.25, 0.3) is 33.4 Å². The van der Waals surface area contributed by atoms with Gasteiger partial charge in [0.15, 0.2) is 0 Å². The van der Waals surface area contributed by atoms with Gasteiger partial charge < -0.3 is 9.80 Å². The molecular weight excluding hydrogens is 677 g/mol. The van der Waals surface area contributed by atoms with Gasteiger partial charge in [0.2, 0.25) is 0 Å². The highest BCUT2D eigenvalue weighted by molar-refractivity contribution is 5.87. The molecule has 0 aliphatic carbocycles. The van der Waals surface area contributed by atoms with Crippen molar-refractivity contribution in [2.24, 2.45) is 0 Å². The summed E-state index contributed by atoms with van der Waals surface area (Å²) in [5.41, 5.74) is 21.8. The van der Waals surface area contributed by atoms with E-state index in [0.29, 0.717) is 0 Å². The van der Waals surface area contributed by atoms with Crippen molar-refractivity contribution >= 4 is 34.1 Å². The van der Waals surface area contributed by atoms with Gasteiger partial charge in [0, 0.05) is 34.1 Å². The summed E-state index contributed by atoms with van der Waals surface area (Å²) in [6.07, 6.45) is 0. The molecule has 2 nitrogen and oxygen atoms in total. The summed E-state index contributed by atoms with van der Waals surface area (Å²) < 4.78 is 0. The molecule has 0 heterocycles. The number of hydrogen-bond donors (Lipinski definition) is 0. The van der Waals surface area contributed by atoms with Gasteiger partial charge in [-0.25, -0.2) is 0 Å². The monoisotopic (exact) mass is 724 g/mol. The number of hydrogen-bond acceptors (Lipinski definition) is 2. The fraction of sp³-hybridized carbons (Fsp3) is 0.111. The Balaban J connectivity index is 1.19. The minimum Gasteiger partial charge on any atom is -0.310 e. The smallest absolute Gasteiger partial charge is 0.0467 e. The number of benzene rings is 8. The van der Waals surface area contributed by atoms with Gasteiger partial charge in [0.1, 0.15) is 0 Å². The normalized spacial score (nSPS) is 11.0. The molecule has 0 saturated carbocycles. The summed E-state index contributed by atoms with van der Waals surface area (Å²) in [6, 6.07) is 66.1. The minimum atomic E-state index is 1.13. The maximum atomic E-state index is 2.39.